The minimum Gasteiger partial charge on any atom is -0.495 e. The number of carbonyl (C=O) groups excluding carboxylic acids is 2. The molecule has 0 saturated carbocycles. The largest absolute Gasteiger partial charge is 0.495 e. The van der Waals surface area contributed by atoms with Gasteiger partial charge in [-0.3, -0.25) is 19.2 Å². The van der Waals surface area contributed by atoms with Crippen LogP contribution in [0, 0.1) is 0 Å². The molecule has 0 spiro atoms. The number of nitrogens with two attached hydrogens (primary N) is 1. The maximum absolute atomic E-state index is 11.2. The second kappa shape index (κ2) is 10.4. The molecule has 0 aliphatic heterocycles. The summed E-state index contributed by atoms with van der Waals surface area (Å²) in [7, 11) is 4.24. The molecule has 146 valence electrons. The standard InChI is InChI=1S/C9H11NO4.C8H10N2O3/c1-13-7-3-4-8(11)10(5-7)6-9(12)14-2;1-13-6-2-3-8(12)10(4-6)5-7(9)11/h3-5H,6H2,1-2H3;2-4H,5H2,1H3,(H2,9,11). The quantitative estimate of drug-likeness (QED) is 0.661. The van der Waals surface area contributed by atoms with Gasteiger partial charge in [0, 0.05) is 24.5 Å². The normalized spacial score (nSPS) is 9.59. The molecule has 0 aliphatic carbocycles. The summed E-state index contributed by atoms with van der Waals surface area (Å²) in [6, 6.07) is 5.72. The Balaban J connectivity index is 0.000000271. The third kappa shape index (κ3) is 7.06. The molecule has 2 aromatic rings. The molecule has 0 atom stereocenters. The van der Waals surface area contributed by atoms with Crippen molar-refractivity contribution < 1.29 is 23.8 Å². The molecule has 10 heteroatoms. The molecule has 0 saturated heterocycles. The predicted molar refractivity (Wildman–Crippen MR) is 95.7 cm³/mol. The fourth-order valence-corrected chi connectivity index (χ4v) is 1.88. The lowest BCUT2D eigenvalue weighted by molar-refractivity contribution is -0.141. The lowest BCUT2D eigenvalue weighted by Gasteiger charge is -2.05. The van der Waals surface area contributed by atoms with Crippen LogP contribution in [0.2, 0.25) is 0 Å². The molecule has 2 N–H and O–H groups in total. The first-order valence-electron chi connectivity index (χ1n) is 7.64. The van der Waals surface area contributed by atoms with Crippen molar-refractivity contribution in [2.75, 3.05) is 21.3 Å². The number of carbonyl (C=O) groups is 2. The van der Waals surface area contributed by atoms with Crippen LogP contribution in [0.4, 0.5) is 0 Å². The van der Waals surface area contributed by atoms with E-state index in [9.17, 15) is 19.2 Å². The van der Waals surface area contributed by atoms with Gasteiger partial charge < -0.3 is 29.1 Å². The average molecular weight is 379 g/mol. The van der Waals surface area contributed by atoms with Crippen LogP contribution in [0.3, 0.4) is 0 Å². The SMILES string of the molecule is COC(=O)Cn1cc(OC)ccc1=O.COc1ccc(=O)n(CC(N)=O)c1. The summed E-state index contributed by atoms with van der Waals surface area (Å²) in [6.07, 6.45) is 2.90. The number of nitrogens with zero attached hydrogens (tertiary/aromatic N) is 2. The summed E-state index contributed by atoms with van der Waals surface area (Å²) in [5, 5.41) is 0. The van der Waals surface area contributed by atoms with E-state index in [1.165, 1.54) is 67.1 Å². The van der Waals surface area contributed by atoms with Gasteiger partial charge in [-0.1, -0.05) is 0 Å². The minimum atomic E-state index is -0.560. The van der Waals surface area contributed by atoms with Crippen LogP contribution >= 0.6 is 0 Å². The molecule has 2 heterocycles. The fraction of sp³-hybridized carbons (Fsp3) is 0.294. The van der Waals surface area contributed by atoms with Crippen LogP contribution in [0.15, 0.2) is 46.2 Å². The van der Waals surface area contributed by atoms with Crippen molar-refractivity contribution in [1.29, 1.82) is 0 Å². The van der Waals surface area contributed by atoms with Gasteiger partial charge in [0.05, 0.1) is 21.3 Å². The number of pyridine rings is 2. The fourth-order valence-electron chi connectivity index (χ4n) is 1.88. The molecule has 1 amide bonds. The van der Waals surface area contributed by atoms with Crippen molar-refractivity contribution in [3.63, 3.8) is 0 Å². The topological polar surface area (TPSA) is 132 Å². The maximum atomic E-state index is 11.2. The van der Waals surface area contributed by atoms with Crippen molar-refractivity contribution in [2.24, 2.45) is 5.73 Å². The van der Waals surface area contributed by atoms with E-state index in [0.717, 1.165) is 0 Å². The van der Waals surface area contributed by atoms with E-state index in [1.807, 2.05) is 0 Å². The number of aromatic nitrogens is 2. The van der Waals surface area contributed by atoms with Crippen LogP contribution in [0.1, 0.15) is 0 Å². The lowest BCUT2D eigenvalue weighted by atomic mass is 10.4. The molecule has 2 rings (SSSR count). The highest BCUT2D eigenvalue weighted by atomic mass is 16.5. The minimum absolute atomic E-state index is 0.105. The number of esters is 1. The summed E-state index contributed by atoms with van der Waals surface area (Å²) in [5.41, 5.74) is 4.40. The van der Waals surface area contributed by atoms with Crippen LogP contribution in [0.5, 0.6) is 11.5 Å². The summed E-state index contributed by atoms with van der Waals surface area (Å²) < 4.78 is 16.7. The molecule has 2 aromatic heterocycles. The predicted octanol–water partition coefficient (Wildman–Crippen LogP) is -0.628. The second-order valence-corrected chi connectivity index (χ2v) is 5.11. The number of hydrogen-bond donors (Lipinski definition) is 1. The van der Waals surface area contributed by atoms with Crippen molar-refractivity contribution in [2.45, 2.75) is 13.1 Å². The van der Waals surface area contributed by atoms with Gasteiger partial charge in [-0.2, -0.15) is 0 Å². The Labute approximate surface area is 154 Å². The van der Waals surface area contributed by atoms with E-state index in [1.54, 1.807) is 0 Å². The van der Waals surface area contributed by atoms with Gasteiger partial charge in [-0.05, 0) is 12.1 Å². The molecule has 0 aliphatic rings. The maximum Gasteiger partial charge on any atom is 0.325 e. The Morgan fingerprint density at radius 2 is 1.30 bits per heavy atom. The molecule has 27 heavy (non-hydrogen) atoms. The Kier molecular flexibility index (Phi) is 8.30. The number of methoxy groups -OCH3 is 3. The van der Waals surface area contributed by atoms with Gasteiger partial charge in [-0.15, -0.1) is 0 Å². The first kappa shape index (κ1) is 21.5. The first-order chi connectivity index (χ1) is 12.8. The monoisotopic (exact) mass is 379 g/mol. The third-order valence-electron chi connectivity index (χ3n) is 3.24. The number of primary amides is 1. The van der Waals surface area contributed by atoms with E-state index in [2.05, 4.69) is 4.74 Å². The Bertz CT molecular complexity index is 902. The number of rotatable bonds is 6. The Morgan fingerprint density at radius 3 is 1.67 bits per heavy atom. The molecular weight excluding hydrogens is 358 g/mol. The van der Waals surface area contributed by atoms with Crippen molar-refractivity contribution in [3.05, 3.63) is 57.4 Å². The van der Waals surface area contributed by atoms with Crippen LogP contribution in [-0.2, 0) is 27.4 Å². The van der Waals surface area contributed by atoms with E-state index in [-0.39, 0.29) is 24.2 Å². The van der Waals surface area contributed by atoms with Gasteiger partial charge in [0.25, 0.3) is 11.1 Å². The van der Waals surface area contributed by atoms with Crippen molar-refractivity contribution in [1.82, 2.24) is 9.13 Å². The van der Waals surface area contributed by atoms with E-state index >= 15 is 0 Å². The third-order valence-corrected chi connectivity index (χ3v) is 3.24. The highest BCUT2D eigenvalue weighted by molar-refractivity contribution is 5.73. The zero-order valence-electron chi connectivity index (χ0n) is 15.2. The smallest absolute Gasteiger partial charge is 0.325 e. The van der Waals surface area contributed by atoms with E-state index < -0.39 is 11.9 Å². The molecule has 0 bridgehead atoms. The Hall–Kier alpha value is -3.56. The summed E-state index contributed by atoms with van der Waals surface area (Å²) in [4.78, 5) is 43.8. The molecule has 0 radical (unpaired) electrons. The zero-order chi connectivity index (χ0) is 20.4. The van der Waals surface area contributed by atoms with Gasteiger partial charge in [0.2, 0.25) is 5.91 Å². The van der Waals surface area contributed by atoms with Crippen molar-refractivity contribution >= 4 is 11.9 Å². The summed E-state index contributed by atoms with van der Waals surface area (Å²) in [5.74, 6) is 0.00468. The zero-order valence-corrected chi connectivity index (χ0v) is 15.2. The first-order valence-corrected chi connectivity index (χ1v) is 7.64. The molecule has 0 aromatic carbocycles. The van der Waals surface area contributed by atoms with Crippen molar-refractivity contribution in [3.8, 4) is 11.5 Å². The van der Waals surface area contributed by atoms with Gasteiger partial charge in [0.15, 0.2) is 0 Å². The number of hydrogen-bond acceptors (Lipinski definition) is 7. The van der Waals surface area contributed by atoms with Gasteiger partial charge in [-0.25, -0.2) is 0 Å². The summed E-state index contributed by atoms with van der Waals surface area (Å²) in [6.45, 7) is -0.234. The van der Waals surface area contributed by atoms with E-state index in [4.69, 9.17) is 15.2 Å². The molecule has 10 nitrogen and oxygen atoms in total. The van der Waals surface area contributed by atoms with E-state index in [0.29, 0.717) is 11.5 Å². The van der Waals surface area contributed by atoms with Gasteiger partial charge in [0.1, 0.15) is 24.6 Å². The molecular formula is C17H21N3O7. The van der Waals surface area contributed by atoms with Crippen LogP contribution in [-0.4, -0.2) is 42.3 Å². The molecule has 0 fully saturated rings. The molecule has 0 unspecified atom stereocenters. The Morgan fingerprint density at radius 1 is 0.852 bits per heavy atom. The number of ether oxygens (including phenoxy) is 3. The van der Waals surface area contributed by atoms with Gasteiger partial charge >= 0.3 is 5.97 Å². The van der Waals surface area contributed by atoms with Crippen LogP contribution in [0.25, 0.3) is 0 Å². The lowest BCUT2D eigenvalue weighted by Crippen LogP contribution is -2.26. The highest BCUT2D eigenvalue weighted by Crippen LogP contribution is 2.05. The van der Waals surface area contributed by atoms with Crippen LogP contribution < -0.4 is 26.3 Å². The second-order valence-electron chi connectivity index (χ2n) is 5.11. The average Bonchev–Trinajstić information content (AvgIpc) is 2.65. The highest BCUT2D eigenvalue weighted by Gasteiger charge is 2.04. The number of amides is 1. The summed E-state index contributed by atoms with van der Waals surface area (Å²) >= 11 is 0.